The van der Waals surface area contributed by atoms with Crippen LogP contribution >= 0.6 is 15.9 Å². The molecule has 2 bridgehead atoms. The minimum absolute atomic E-state index is 0.228. The molecule has 4 aliphatic rings. The smallest absolute Gasteiger partial charge is 0.0796 e. The Morgan fingerprint density at radius 3 is 2.93 bits per heavy atom. The molecule has 1 saturated heterocycles. The second-order valence-corrected chi connectivity index (χ2v) is 6.16. The van der Waals surface area contributed by atoms with E-state index in [1.807, 2.05) is 6.08 Å². The monoisotopic (exact) mass is 256 g/mol. The van der Waals surface area contributed by atoms with E-state index in [0.29, 0.717) is 40.7 Å². The highest BCUT2D eigenvalue weighted by Crippen LogP contribution is 2.63. The third-order valence-corrected chi connectivity index (χ3v) is 5.91. The molecule has 3 aliphatic carbocycles. The molecule has 3 heteroatoms. The highest BCUT2D eigenvalue weighted by Gasteiger charge is 2.66. The third kappa shape index (κ3) is 0.739. The van der Waals surface area contributed by atoms with Gasteiger partial charge in [0, 0.05) is 4.83 Å². The van der Waals surface area contributed by atoms with E-state index < -0.39 is 0 Å². The van der Waals surface area contributed by atoms with Crippen LogP contribution in [0.5, 0.6) is 0 Å². The highest BCUT2D eigenvalue weighted by atomic mass is 79.9. The molecule has 76 valence electrons. The molecule has 3 fully saturated rings. The summed E-state index contributed by atoms with van der Waals surface area (Å²) >= 11 is 3.75. The molecule has 0 aromatic rings. The van der Waals surface area contributed by atoms with E-state index in [0.717, 1.165) is 0 Å². The third-order valence-electron chi connectivity index (χ3n) is 4.71. The summed E-state index contributed by atoms with van der Waals surface area (Å²) in [6, 6.07) is 0. The number of rotatable bonds is 0. The zero-order valence-corrected chi connectivity index (χ0v) is 9.30. The molecule has 4 rings (SSSR count). The van der Waals surface area contributed by atoms with Gasteiger partial charge < -0.3 is 9.84 Å². The summed E-state index contributed by atoms with van der Waals surface area (Å²) < 4.78 is 6.03. The number of aliphatic hydroxyl groups is 1. The lowest BCUT2D eigenvalue weighted by Crippen LogP contribution is -2.41. The van der Waals surface area contributed by atoms with Crippen molar-refractivity contribution in [2.24, 2.45) is 23.7 Å². The number of alkyl halides is 1. The first kappa shape index (κ1) is 8.31. The maximum atomic E-state index is 9.99. The van der Waals surface area contributed by atoms with Crippen molar-refractivity contribution in [2.45, 2.75) is 29.6 Å². The Kier molecular flexibility index (Phi) is 1.45. The summed E-state index contributed by atoms with van der Waals surface area (Å²) in [5.74, 6) is 2.41. The van der Waals surface area contributed by atoms with Gasteiger partial charge in [-0.1, -0.05) is 28.1 Å². The molecule has 0 amide bonds. The molecule has 1 N–H and O–H groups in total. The zero-order valence-electron chi connectivity index (χ0n) is 7.71. The molecule has 8 atom stereocenters. The van der Waals surface area contributed by atoms with E-state index >= 15 is 0 Å². The molecule has 7 unspecified atom stereocenters. The Balaban J connectivity index is 1.86. The van der Waals surface area contributed by atoms with Gasteiger partial charge in [-0.3, -0.25) is 0 Å². The van der Waals surface area contributed by atoms with Crippen molar-refractivity contribution in [3.05, 3.63) is 12.2 Å². The SMILES string of the molecule is O[C@@H]1C=CC2OC3C(Br)C4CC3C2C41. The summed E-state index contributed by atoms with van der Waals surface area (Å²) in [5, 5.41) is 9.99. The van der Waals surface area contributed by atoms with Gasteiger partial charge in [0.15, 0.2) is 0 Å². The zero-order chi connectivity index (χ0) is 9.45. The maximum absolute atomic E-state index is 9.99. The van der Waals surface area contributed by atoms with E-state index in [2.05, 4.69) is 22.0 Å². The van der Waals surface area contributed by atoms with Crippen LogP contribution in [0.25, 0.3) is 0 Å². The lowest BCUT2D eigenvalue weighted by Gasteiger charge is -2.35. The Hall–Kier alpha value is 0.140. The van der Waals surface area contributed by atoms with Crippen molar-refractivity contribution in [1.82, 2.24) is 0 Å². The molecule has 0 aromatic heterocycles. The van der Waals surface area contributed by atoms with Crippen molar-refractivity contribution >= 4 is 15.9 Å². The second kappa shape index (κ2) is 2.45. The van der Waals surface area contributed by atoms with Crippen molar-refractivity contribution in [3.63, 3.8) is 0 Å². The Bertz CT molecular complexity index is 316. The van der Waals surface area contributed by atoms with Crippen LogP contribution in [0, 0.1) is 23.7 Å². The van der Waals surface area contributed by atoms with E-state index in [-0.39, 0.29) is 6.10 Å². The summed E-state index contributed by atoms with van der Waals surface area (Å²) in [4.78, 5) is 0.480. The van der Waals surface area contributed by atoms with Gasteiger partial charge in [-0.05, 0) is 30.1 Å². The second-order valence-electron chi connectivity index (χ2n) is 5.10. The Morgan fingerprint density at radius 1 is 1.21 bits per heavy atom. The van der Waals surface area contributed by atoms with Crippen LogP contribution in [0.2, 0.25) is 0 Å². The van der Waals surface area contributed by atoms with Crippen LogP contribution in [-0.2, 0) is 4.74 Å². The number of halogens is 1. The molecule has 14 heavy (non-hydrogen) atoms. The van der Waals surface area contributed by atoms with Gasteiger partial charge >= 0.3 is 0 Å². The first-order valence-electron chi connectivity index (χ1n) is 5.43. The predicted molar refractivity (Wildman–Crippen MR) is 55.1 cm³/mol. The largest absolute Gasteiger partial charge is 0.389 e. The molecule has 0 spiro atoms. The van der Waals surface area contributed by atoms with Gasteiger partial charge in [0.1, 0.15) is 0 Å². The lowest BCUT2D eigenvalue weighted by atomic mass is 9.72. The number of hydrogen-bond acceptors (Lipinski definition) is 2. The summed E-state index contributed by atoms with van der Waals surface area (Å²) in [5.41, 5.74) is 0. The fourth-order valence-corrected chi connectivity index (χ4v) is 5.38. The Morgan fingerprint density at radius 2 is 2.07 bits per heavy atom. The van der Waals surface area contributed by atoms with Crippen molar-refractivity contribution < 1.29 is 9.84 Å². The van der Waals surface area contributed by atoms with Crippen LogP contribution in [0.4, 0.5) is 0 Å². The summed E-state index contributed by atoms with van der Waals surface area (Å²) in [7, 11) is 0. The minimum atomic E-state index is -0.228. The van der Waals surface area contributed by atoms with Gasteiger partial charge in [0.2, 0.25) is 0 Å². The van der Waals surface area contributed by atoms with Crippen LogP contribution in [0.3, 0.4) is 0 Å². The van der Waals surface area contributed by atoms with E-state index in [9.17, 15) is 5.11 Å². The van der Waals surface area contributed by atoms with Gasteiger partial charge in [0.05, 0.1) is 18.3 Å². The van der Waals surface area contributed by atoms with Crippen molar-refractivity contribution in [1.29, 1.82) is 0 Å². The summed E-state index contributed by atoms with van der Waals surface area (Å²) in [6.07, 6.45) is 5.76. The lowest BCUT2D eigenvalue weighted by molar-refractivity contribution is 0.0522. The standard InChI is InChI=1S/C11H13BrO2/c12-10-4-3-5-9-7(14-11(5)10)2-1-6(13)8(4)9/h1-2,4-11,13H,3H2/t4?,5?,6-,7?,8?,9?,10?,11?/m1/s1. The first-order valence-corrected chi connectivity index (χ1v) is 6.35. The fraction of sp³-hybridized carbons (Fsp3) is 0.818. The molecule has 0 radical (unpaired) electrons. The molecular weight excluding hydrogens is 244 g/mol. The maximum Gasteiger partial charge on any atom is 0.0796 e. The number of hydrogen-bond donors (Lipinski definition) is 1. The Labute approximate surface area is 91.5 Å². The first-order chi connectivity index (χ1) is 6.77. The molecule has 2 saturated carbocycles. The molecular formula is C11H13BrO2. The van der Waals surface area contributed by atoms with Crippen LogP contribution in [0.15, 0.2) is 12.2 Å². The van der Waals surface area contributed by atoms with Crippen molar-refractivity contribution in [2.75, 3.05) is 0 Å². The van der Waals surface area contributed by atoms with Crippen LogP contribution in [-0.4, -0.2) is 28.2 Å². The van der Waals surface area contributed by atoms with E-state index in [4.69, 9.17) is 4.74 Å². The fourth-order valence-electron chi connectivity index (χ4n) is 4.29. The van der Waals surface area contributed by atoms with Gasteiger partial charge in [-0.15, -0.1) is 0 Å². The number of aliphatic hydroxyl groups excluding tert-OH is 1. The van der Waals surface area contributed by atoms with E-state index in [1.54, 1.807) is 0 Å². The molecule has 0 aromatic carbocycles. The van der Waals surface area contributed by atoms with Gasteiger partial charge in [-0.25, -0.2) is 0 Å². The quantitative estimate of drug-likeness (QED) is 0.524. The van der Waals surface area contributed by atoms with Crippen molar-refractivity contribution in [3.8, 4) is 0 Å². The topological polar surface area (TPSA) is 29.5 Å². The summed E-state index contributed by atoms with van der Waals surface area (Å²) in [6.45, 7) is 0. The van der Waals surface area contributed by atoms with Gasteiger partial charge in [-0.2, -0.15) is 0 Å². The van der Waals surface area contributed by atoms with Gasteiger partial charge in [0.25, 0.3) is 0 Å². The minimum Gasteiger partial charge on any atom is -0.389 e. The normalized spacial score (nSPS) is 67.9. The predicted octanol–water partition coefficient (Wildman–Crippen LogP) is 1.33. The molecule has 1 heterocycles. The average molecular weight is 257 g/mol. The number of ether oxygens (including phenoxy) is 1. The molecule has 1 aliphatic heterocycles. The molecule has 2 nitrogen and oxygen atoms in total. The van der Waals surface area contributed by atoms with Crippen LogP contribution in [0.1, 0.15) is 6.42 Å². The number of fused-ring (bicyclic) bond motifs is 2. The average Bonchev–Trinajstić information content (AvgIpc) is 2.75. The highest BCUT2D eigenvalue weighted by molar-refractivity contribution is 9.09. The van der Waals surface area contributed by atoms with Crippen LogP contribution < -0.4 is 0 Å². The van der Waals surface area contributed by atoms with E-state index in [1.165, 1.54) is 6.42 Å².